The van der Waals surface area contributed by atoms with Crippen molar-refractivity contribution >= 4 is 65.4 Å². The van der Waals surface area contributed by atoms with Crippen molar-refractivity contribution in [1.82, 2.24) is 53.6 Å². The van der Waals surface area contributed by atoms with Crippen LogP contribution in [0.2, 0.25) is 0 Å². The highest BCUT2D eigenvalue weighted by Gasteiger charge is 2.42. The lowest BCUT2D eigenvalue weighted by Gasteiger charge is -2.23. The van der Waals surface area contributed by atoms with Crippen LogP contribution in [0.25, 0.3) is 218 Å². The minimum absolute atomic E-state index is 0.103. The SMILES string of the molecule is CC1(C)c2ccccc2-c2c1ccc1c3ccccc3n(-c3cccc(-c4nc(-c5ccccc5)cc(-c5cccc(C#N)c5)n4)c3)c21.CC1(C)c2ccccc2-c2c1ccc1c3ccccc3n(-c3cccc(-c4nc(-c5ccccc5)nc(-c5cccc(C#N)c5)n4)c3)c21.CC1(C)c2ccccc2-c2ccc3c4ccccc4n(-c4ccc(-c5nc(-c6ccccc6)nc(-c6ccccc6)n5)cc4)c3c21. The van der Waals surface area contributed by atoms with Gasteiger partial charge in [0.25, 0.3) is 0 Å². The van der Waals surface area contributed by atoms with E-state index in [0.717, 1.165) is 89.6 Å². The van der Waals surface area contributed by atoms with Gasteiger partial charge in [0.1, 0.15) is 0 Å². The van der Waals surface area contributed by atoms with E-state index in [0.29, 0.717) is 51.9 Å². The van der Waals surface area contributed by atoms with E-state index >= 15 is 0 Å². The summed E-state index contributed by atoms with van der Waals surface area (Å²) in [6.45, 7) is 14.0. The lowest BCUT2D eigenvalue weighted by atomic mass is 9.81. The number of hydrogen-bond acceptors (Lipinski definition) is 10. The van der Waals surface area contributed by atoms with Crippen molar-refractivity contribution in [2.75, 3.05) is 0 Å². The summed E-state index contributed by atoms with van der Waals surface area (Å²) < 4.78 is 7.27. The van der Waals surface area contributed by atoms with E-state index in [2.05, 4.69) is 334 Å². The molecule has 0 spiro atoms. The molecule has 0 bridgehead atoms. The zero-order valence-corrected chi connectivity index (χ0v) is 78.8. The van der Waals surface area contributed by atoms with E-state index in [1.807, 2.05) is 158 Å². The third-order valence-corrected chi connectivity index (χ3v) is 28.9. The summed E-state index contributed by atoms with van der Waals surface area (Å²) in [6, 6.07) is 154. The molecular weight excluding hydrogens is 1730 g/mol. The Hall–Kier alpha value is -18.6. The second kappa shape index (κ2) is 34.0. The van der Waals surface area contributed by atoms with E-state index in [9.17, 15) is 10.5 Å². The number of hydrogen-bond donors (Lipinski definition) is 0. The number of fused-ring (bicyclic) bond motifs is 21. The zero-order valence-electron chi connectivity index (χ0n) is 78.8. The number of rotatable bonds is 12. The Balaban J connectivity index is 0.000000112. The molecule has 0 amide bonds. The number of nitriles is 2. The molecule has 142 heavy (non-hydrogen) atoms. The van der Waals surface area contributed by atoms with Gasteiger partial charge in [0, 0.05) is 127 Å². The first kappa shape index (κ1) is 85.1. The monoisotopic (exact) mass is 1820 g/mol. The Bertz CT molecular complexity index is 8920. The molecular formula is C129H89N13. The fraction of sp³-hybridized carbons (Fsp3) is 0.0698. The Kier molecular flexibility index (Phi) is 20.4. The fourth-order valence-corrected chi connectivity index (χ4v) is 22.2. The summed E-state index contributed by atoms with van der Waals surface area (Å²) in [5, 5.41) is 26.6. The molecule has 27 rings (SSSR count). The van der Waals surface area contributed by atoms with Crippen molar-refractivity contribution in [2.24, 2.45) is 0 Å². The van der Waals surface area contributed by atoms with Crippen LogP contribution < -0.4 is 0 Å². The third kappa shape index (κ3) is 14.2. The summed E-state index contributed by atoms with van der Waals surface area (Å²) in [6.07, 6.45) is 0. The average molecular weight is 1820 g/mol. The maximum atomic E-state index is 9.60. The first-order chi connectivity index (χ1) is 69.6. The summed E-state index contributed by atoms with van der Waals surface area (Å²) in [7, 11) is 0. The number of aromatic nitrogens is 11. The minimum atomic E-state index is -0.135. The van der Waals surface area contributed by atoms with Gasteiger partial charge in [-0.05, 0) is 153 Å². The zero-order chi connectivity index (χ0) is 95.6. The van der Waals surface area contributed by atoms with Crippen LogP contribution in [-0.4, -0.2) is 53.6 Å². The van der Waals surface area contributed by atoms with Gasteiger partial charge in [-0.2, -0.15) is 10.5 Å². The van der Waals surface area contributed by atoms with Crippen LogP contribution in [0.5, 0.6) is 0 Å². The van der Waals surface area contributed by atoms with Gasteiger partial charge < -0.3 is 13.7 Å². The van der Waals surface area contributed by atoms with Gasteiger partial charge in [0.2, 0.25) is 0 Å². The Morgan fingerprint density at radius 2 is 0.521 bits per heavy atom. The van der Waals surface area contributed by atoms with E-state index in [4.69, 9.17) is 39.9 Å². The standard InChI is InChI=1S/C44H30N4.C43H29N5.C42H30N4/c1-44(2)36-20-8-6-19-35(36)41-37(44)23-22-34-33-18-7-9-21-40(33)48(42(34)41)32-17-11-16-31(25-32)43-46-38(29-13-4-3-5-14-29)26-39(47-43)30-15-10-12-28(24-30)27-45;1-43(2)35-20-8-6-19-34(35)38-36(43)23-22-33-32-18-7-9-21-37(32)48(39(33)38)31-17-11-16-30(25-31)42-46-40(28-13-4-3-5-14-28)45-41(47-42)29-15-10-12-27(24-29)26-44;1-42(2)35-19-11-9-17-31(35)33-25-26-34-32-18-10-12-20-36(32)46(38(34)37(33)42)30-23-21-29(22-24-30)41-44-39(27-13-5-3-6-14-27)43-40(45-41)28-15-7-4-8-16-28/h3-26H,1-2H3;3-25H,1-2H3;3-26H,1-2H3. The maximum Gasteiger partial charge on any atom is 0.164 e. The molecule has 6 aromatic heterocycles. The van der Waals surface area contributed by atoms with Crippen LogP contribution in [0, 0.1) is 22.7 Å². The molecule has 3 aliphatic carbocycles. The van der Waals surface area contributed by atoms with Crippen LogP contribution in [0.15, 0.2) is 431 Å². The molecule has 13 heteroatoms. The second-order valence-corrected chi connectivity index (χ2v) is 38.3. The molecule has 0 unspecified atom stereocenters. The molecule has 3 aliphatic rings. The fourth-order valence-electron chi connectivity index (χ4n) is 22.2. The number of benzene rings is 18. The highest BCUT2D eigenvalue weighted by Crippen LogP contribution is 2.57. The van der Waals surface area contributed by atoms with Gasteiger partial charge in [0.15, 0.2) is 40.8 Å². The Labute approximate surface area is 821 Å². The second-order valence-electron chi connectivity index (χ2n) is 38.3. The molecule has 0 radical (unpaired) electrons. The summed E-state index contributed by atoms with van der Waals surface area (Å²) in [5.41, 5.74) is 37.0. The molecule has 0 saturated carbocycles. The van der Waals surface area contributed by atoms with Crippen molar-refractivity contribution < 1.29 is 0 Å². The first-order valence-corrected chi connectivity index (χ1v) is 48.1. The van der Waals surface area contributed by atoms with Gasteiger partial charge in [0.05, 0.1) is 67.8 Å². The van der Waals surface area contributed by atoms with E-state index in [-0.39, 0.29) is 16.2 Å². The quantitative estimate of drug-likeness (QED) is 0.115. The molecule has 0 aliphatic heterocycles. The summed E-state index contributed by atoms with van der Waals surface area (Å²) in [5.74, 6) is 4.28. The van der Waals surface area contributed by atoms with Crippen molar-refractivity contribution in [3.05, 3.63) is 475 Å². The number of para-hydroxylation sites is 3. The predicted octanol–water partition coefficient (Wildman–Crippen LogP) is 31.2. The molecule has 0 N–H and O–H groups in total. The summed E-state index contributed by atoms with van der Waals surface area (Å²) >= 11 is 0. The topological polar surface area (TPSA) is 165 Å². The highest BCUT2D eigenvalue weighted by atomic mass is 15.1. The largest absolute Gasteiger partial charge is 0.309 e. The molecule has 0 atom stereocenters. The van der Waals surface area contributed by atoms with Crippen molar-refractivity contribution in [3.63, 3.8) is 0 Å². The van der Waals surface area contributed by atoms with Gasteiger partial charge in [-0.15, -0.1) is 0 Å². The number of nitrogens with zero attached hydrogens (tertiary/aromatic N) is 13. The van der Waals surface area contributed by atoms with E-state index in [1.165, 1.54) is 121 Å². The van der Waals surface area contributed by atoms with Gasteiger partial charge in [-0.1, -0.05) is 375 Å². The van der Waals surface area contributed by atoms with Gasteiger partial charge in [-0.3, -0.25) is 0 Å². The van der Waals surface area contributed by atoms with E-state index in [1.54, 1.807) is 6.07 Å². The molecule has 0 fully saturated rings. The van der Waals surface area contributed by atoms with Gasteiger partial charge >= 0.3 is 0 Å². The van der Waals surface area contributed by atoms with Crippen molar-refractivity contribution in [1.29, 1.82) is 10.5 Å². The smallest absolute Gasteiger partial charge is 0.164 e. The lowest BCUT2D eigenvalue weighted by molar-refractivity contribution is 0.660. The molecule has 6 heterocycles. The summed E-state index contributed by atoms with van der Waals surface area (Å²) in [4.78, 5) is 39.8. The van der Waals surface area contributed by atoms with Crippen LogP contribution in [0.1, 0.15) is 86.1 Å². The van der Waals surface area contributed by atoms with Crippen LogP contribution in [0.3, 0.4) is 0 Å². The Morgan fingerprint density at radius 1 is 0.204 bits per heavy atom. The highest BCUT2D eigenvalue weighted by molar-refractivity contribution is 6.18. The molecule has 0 saturated heterocycles. The molecule has 670 valence electrons. The van der Waals surface area contributed by atoms with Crippen LogP contribution in [-0.2, 0) is 16.2 Å². The lowest BCUT2D eigenvalue weighted by Crippen LogP contribution is -2.16. The third-order valence-electron chi connectivity index (χ3n) is 28.9. The van der Waals surface area contributed by atoms with Crippen molar-refractivity contribution in [3.8, 4) is 165 Å². The maximum absolute atomic E-state index is 9.60. The van der Waals surface area contributed by atoms with Gasteiger partial charge in [-0.25, -0.2) is 39.9 Å². The van der Waals surface area contributed by atoms with Crippen LogP contribution in [0.4, 0.5) is 0 Å². The average Bonchev–Trinajstić information content (AvgIpc) is 1.55. The molecule has 24 aromatic rings. The van der Waals surface area contributed by atoms with Crippen LogP contribution >= 0.6 is 0 Å². The first-order valence-electron chi connectivity index (χ1n) is 48.1. The molecule has 18 aromatic carbocycles. The van der Waals surface area contributed by atoms with E-state index < -0.39 is 0 Å². The molecule has 13 nitrogen and oxygen atoms in total. The predicted molar refractivity (Wildman–Crippen MR) is 576 cm³/mol. The minimum Gasteiger partial charge on any atom is -0.309 e. The Morgan fingerprint density at radius 3 is 0.965 bits per heavy atom. The van der Waals surface area contributed by atoms with Crippen molar-refractivity contribution in [2.45, 2.75) is 57.8 Å². The normalized spacial score (nSPS) is 13.0.